The number of nitrogens with zero attached hydrogens (tertiary/aromatic N) is 4. The second-order valence-electron chi connectivity index (χ2n) is 9.31. The normalized spacial score (nSPS) is 14.7. The van der Waals surface area contributed by atoms with E-state index in [0.29, 0.717) is 6.42 Å². The molecule has 0 fully saturated rings. The molecule has 0 aromatic heterocycles. The summed E-state index contributed by atoms with van der Waals surface area (Å²) in [6, 6.07) is 3.83. The smallest absolute Gasteiger partial charge is 0.297 e. The first-order valence-corrected chi connectivity index (χ1v) is 14.3. The Bertz CT molecular complexity index is 906. The van der Waals surface area contributed by atoms with Crippen LogP contribution in [-0.2, 0) is 18.7 Å². The number of nitro groups is 1. The molecule has 0 N–H and O–H groups in total. The highest BCUT2D eigenvalue weighted by Crippen LogP contribution is 2.38. The average Bonchev–Trinajstić information content (AvgIpc) is 2.63. The molecule has 0 aliphatic heterocycles. The summed E-state index contributed by atoms with van der Waals surface area (Å²) < 4.78 is 36.9. The van der Waals surface area contributed by atoms with Gasteiger partial charge >= 0.3 is 0 Å². The van der Waals surface area contributed by atoms with Crippen LogP contribution in [0.15, 0.2) is 34.3 Å². The van der Waals surface area contributed by atoms with Crippen molar-refractivity contribution in [3.63, 3.8) is 0 Å². The number of hydrogen-bond acceptors (Lipinski definition) is 7. The first-order chi connectivity index (χ1) is 14.1. The fourth-order valence-corrected chi connectivity index (χ4v) is 4.81. The third kappa shape index (κ3) is 7.89. The number of benzene rings is 1. The Labute approximate surface area is 185 Å². The summed E-state index contributed by atoms with van der Waals surface area (Å²) in [5.74, 6) is 0.187. The molecule has 0 spiro atoms. The molecule has 2 atom stereocenters. The van der Waals surface area contributed by atoms with Crippen molar-refractivity contribution < 1.29 is 22.0 Å². The van der Waals surface area contributed by atoms with E-state index in [-0.39, 0.29) is 28.1 Å². The van der Waals surface area contributed by atoms with Gasteiger partial charge in [0, 0.05) is 17.0 Å². The Kier molecular flexibility index (Phi) is 9.21. The van der Waals surface area contributed by atoms with Crippen molar-refractivity contribution >= 4 is 24.1 Å². The maximum absolute atomic E-state index is 12.6. The zero-order chi connectivity index (χ0) is 24.0. The zero-order valence-corrected chi connectivity index (χ0v) is 20.9. The molecule has 0 bridgehead atoms. The number of nitro benzene ring substituents is 1. The fourth-order valence-electron chi connectivity index (χ4n) is 2.56. The van der Waals surface area contributed by atoms with Crippen LogP contribution in [0, 0.1) is 16.0 Å². The van der Waals surface area contributed by atoms with E-state index in [1.165, 1.54) is 0 Å². The Morgan fingerprint density at radius 1 is 1.23 bits per heavy atom. The van der Waals surface area contributed by atoms with Crippen molar-refractivity contribution in [3.05, 3.63) is 44.8 Å². The molecular weight excluding hydrogens is 440 g/mol. The number of non-ortho nitro benzene ring substituents is 1. The summed E-state index contributed by atoms with van der Waals surface area (Å²) in [4.78, 5) is 12.9. The summed E-state index contributed by atoms with van der Waals surface area (Å²) in [7, 11) is -6.53. The molecule has 0 aliphatic rings. The third-order valence-electron chi connectivity index (χ3n) is 5.32. The molecule has 1 aromatic carbocycles. The predicted molar refractivity (Wildman–Crippen MR) is 121 cm³/mol. The summed E-state index contributed by atoms with van der Waals surface area (Å²) >= 11 is 0. The van der Waals surface area contributed by atoms with Crippen molar-refractivity contribution in [1.82, 2.24) is 0 Å². The molecule has 2 unspecified atom stereocenters. The highest BCUT2D eigenvalue weighted by atomic mass is 32.2. The predicted octanol–water partition coefficient (Wildman–Crippen LogP) is 5.42. The second-order valence-corrected chi connectivity index (χ2v) is 15.7. The van der Waals surface area contributed by atoms with E-state index in [2.05, 4.69) is 30.8 Å². The van der Waals surface area contributed by atoms with Gasteiger partial charge in [-0.15, -0.1) is 0 Å². The Morgan fingerprint density at radius 2 is 1.77 bits per heavy atom. The van der Waals surface area contributed by atoms with Gasteiger partial charge < -0.3 is 4.43 Å². The van der Waals surface area contributed by atoms with Crippen LogP contribution >= 0.6 is 0 Å². The molecule has 0 saturated carbocycles. The summed E-state index contributed by atoms with van der Waals surface area (Å²) in [5, 5.41) is 14.5. The zero-order valence-electron chi connectivity index (χ0n) is 19.1. The SMILES string of the molecule is CC(C)CC(N=[N+]=[N-])C(COS(=O)(=O)c1ccc([N+](=O)[O-])cc1)O[Si](C)(C)C(C)(C)C. The topological polar surface area (TPSA) is 144 Å². The van der Waals surface area contributed by atoms with Crippen LogP contribution in [-0.4, -0.2) is 40.4 Å². The molecule has 0 saturated heterocycles. The Morgan fingerprint density at radius 3 is 2.19 bits per heavy atom. The van der Waals surface area contributed by atoms with Crippen molar-refractivity contribution in [2.24, 2.45) is 11.0 Å². The van der Waals surface area contributed by atoms with Gasteiger partial charge in [-0.05, 0) is 48.1 Å². The van der Waals surface area contributed by atoms with Crippen molar-refractivity contribution in [2.45, 2.75) is 76.2 Å². The van der Waals surface area contributed by atoms with Gasteiger partial charge in [0.25, 0.3) is 15.8 Å². The van der Waals surface area contributed by atoms with Crippen LogP contribution in [0.2, 0.25) is 18.1 Å². The van der Waals surface area contributed by atoms with E-state index < -0.39 is 35.5 Å². The van der Waals surface area contributed by atoms with E-state index >= 15 is 0 Å². The van der Waals surface area contributed by atoms with Gasteiger partial charge in [-0.3, -0.25) is 14.3 Å². The fraction of sp³-hybridized carbons (Fsp3) is 0.684. The molecule has 0 aliphatic carbocycles. The molecule has 0 radical (unpaired) electrons. The Hall–Kier alpha value is -1.98. The molecule has 31 heavy (non-hydrogen) atoms. The van der Waals surface area contributed by atoms with E-state index in [1.807, 2.05) is 26.9 Å². The van der Waals surface area contributed by atoms with Gasteiger partial charge in [0.15, 0.2) is 8.32 Å². The van der Waals surface area contributed by atoms with Crippen molar-refractivity contribution in [2.75, 3.05) is 6.61 Å². The molecule has 0 amide bonds. The Balaban J connectivity index is 3.18. The van der Waals surface area contributed by atoms with E-state index in [1.54, 1.807) is 0 Å². The summed E-state index contributed by atoms with van der Waals surface area (Å²) in [5.41, 5.74) is 8.81. The first-order valence-electron chi connectivity index (χ1n) is 9.96. The highest BCUT2D eigenvalue weighted by molar-refractivity contribution is 7.86. The number of rotatable bonds is 11. The molecular formula is C19H32N4O6SSi. The van der Waals surface area contributed by atoms with E-state index in [0.717, 1.165) is 24.3 Å². The monoisotopic (exact) mass is 472 g/mol. The molecule has 174 valence electrons. The lowest BCUT2D eigenvalue weighted by atomic mass is 10.0. The van der Waals surface area contributed by atoms with Crippen molar-refractivity contribution in [3.8, 4) is 0 Å². The van der Waals surface area contributed by atoms with Crippen LogP contribution < -0.4 is 0 Å². The maximum atomic E-state index is 12.6. The minimum absolute atomic E-state index is 0.152. The molecule has 0 heterocycles. The van der Waals surface area contributed by atoms with Crippen LogP contribution in [0.3, 0.4) is 0 Å². The third-order valence-corrected chi connectivity index (χ3v) is 11.1. The molecule has 12 heteroatoms. The lowest BCUT2D eigenvalue weighted by Crippen LogP contribution is -2.48. The molecule has 10 nitrogen and oxygen atoms in total. The maximum Gasteiger partial charge on any atom is 0.297 e. The van der Waals surface area contributed by atoms with Gasteiger partial charge in [-0.1, -0.05) is 39.7 Å². The summed E-state index contributed by atoms with van der Waals surface area (Å²) in [6.07, 6.45) is -0.253. The van der Waals surface area contributed by atoms with Crippen LogP contribution in [0.5, 0.6) is 0 Å². The van der Waals surface area contributed by atoms with E-state index in [4.69, 9.17) is 14.1 Å². The lowest BCUT2D eigenvalue weighted by molar-refractivity contribution is -0.384. The molecule has 1 rings (SSSR count). The van der Waals surface area contributed by atoms with Crippen LogP contribution in [0.1, 0.15) is 41.0 Å². The van der Waals surface area contributed by atoms with Crippen LogP contribution in [0.25, 0.3) is 10.4 Å². The van der Waals surface area contributed by atoms with Gasteiger partial charge in [0.1, 0.15) is 0 Å². The van der Waals surface area contributed by atoms with Crippen molar-refractivity contribution in [1.29, 1.82) is 0 Å². The largest absolute Gasteiger partial charge is 0.411 e. The first kappa shape index (κ1) is 27.1. The minimum Gasteiger partial charge on any atom is -0.411 e. The van der Waals surface area contributed by atoms with Gasteiger partial charge in [0.05, 0.1) is 28.6 Å². The minimum atomic E-state index is -4.19. The standard InChI is InChI=1S/C19H32N4O6SSi/c1-14(2)12-17(21-22-20)18(29-31(6,7)19(3,4)5)13-28-30(26,27)16-10-8-15(9-11-16)23(24)25/h8-11,14,17-18H,12-13H2,1-7H3. The molecule has 1 aromatic rings. The van der Waals surface area contributed by atoms with Gasteiger partial charge in [-0.25, -0.2) is 0 Å². The van der Waals surface area contributed by atoms with Gasteiger partial charge in [-0.2, -0.15) is 8.42 Å². The number of azide groups is 1. The van der Waals surface area contributed by atoms with Crippen LogP contribution in [0.4, 0.5) is 5.69 Å². The quantitative estimate of drug-likeness (QED) is 0.0800. The summed E-state index contributed by atoms with van der Waals surface area (Å²) in [6.45, 7) is 13.8. The lowest BCUT2D eigenvalue weighted by Gasteiger charge is -2.40. The highest BCUT2D eigenvalue weighted by Gasteiger charge is 2.41. The number of hydrogen-bond donors (Lipinski definition) is 0. The van der Waals surface area contributed by atoms with E-state index in [9.17, 15) is 18.5 Å². The van der Waals surface area contributed by atoms with Gasteiger partial charge in [0.2, 0.25) is 0 Å². The second kappa shape index (κ2) is 10.6. The average molecular weight is 473 g/mol.